The number of hydrogen-bond acceptors (Lipinski definition) is 2. The molecule has 1 aliphatic rings. The molecule has 0 N–H and O–H groups in total. The zero-order valence-corrected chi connectivity index (χ0v) is 12.7. The Bertz CT molecular complexity index is 714. The van der Waals surface area contributed by atoms with E-state index in [2.05, 4.69) is 0 Å². The number of nitrogens with zero attached hydrogens (tertiary/aromatic N) is 2. The fourth-order valence-corrected chi connectivity index (χ4v) is 3.06. The highest BCUT2D eigenvalue weighted by Crippen LogP contribution is 2.26. The van der Waals surface area contributed by atoms with E-state index in [9.17, 15) is 9.59 Å². The lowest BCUT2D eigenvalue weighted by atomic mass is 10.1. The van der Waals surface area contributed by atoms with E-state index in [4.69, 9.17) is 11.6 Å². The molecule has 4 nitrogen and oxygen atoms in total. The number of aromatic nitrogens is 1. The molecule has 1 aromatic heterocycles. The monoisotopic (exact) mass is 304 g/mol. The van der Waals surface area contributed by atoms with Crippen LogP contribution in [0.25, 0.3) is 10.9 Å². The van der Waals surface area contributed by atoms with Crippen molar-refractivity contribution in [3.63, 3.8) is 0 Å². The number of piperidine rings is 1. The quantitative estimate of drug-likeness (QED) is 0.808. The molecule has 0 radical (unpaired) electrons. The molecular formula is C16H17ClN2O2. The van der Waals surface area contributed by atoms with Crippen molar-refractivity contribution in [1.29, 1.82) is 0 Å². The van der Waals surface area contributed by atoms with Crippen LogP contribution in [-0.2, 0) is 0 Å². The predicted octanol–water partition coefficient (Wildman–Crippen LogP) is 3.58. The van der Waals surface area contributed by atoms with E-state index in [1.165, 1.54) is 17.9 Å². The molecule has 1 aromatic carbocycles. The Morgan fingerprint density at radius 3 is 2.52 bits per heavy atom. The Morgan fingerprint density at radius 1 is 1.14 bits per heavy atom. The first-order valence-corrected chi connectivity index (χ1v) is 7.56. The Hall–Kier alpha value is -1.81. The van der Waals surface area contributed by atoms with Crippen LogP contribution in [0.3, 0.4) is 0 Å². The van der Waals surface area contributed by atoms with Crippen LogP contribution in [0.5, 0.6) is 0 Å². The van der Waals surface area contributed by atoms with E-state index in [1.807, 2.05) is 11.0 Å². The van der Waals surface area contributed by atoms with Gasteiger partial charge in [-0.05, 0) is 31.4 Å². The molecule has 0 spiro atoms. The number of likely N-dealkylation sites (tertiary alicyclic amines) is 1. The van der Waals surface area contributed by atoms with E-state index >= 15 is 0 Å². The maximum atomic E-state index is 12.7. The second-order valence-electron chi connectivity index (χ2n) is 5.45. The van der Waals surface area contributed by atoms with Crippen LogP contribution in [0.15, 0.2) is 24.4 Å². The highest BCUT2D eigenvalue weighted by molar-refractivity contribution is 6.31. The highest BCUT2D eigenvalue weighted by atomic mass is 35.5. The van der Waals surface area contributed by atoms with Crippen LogP contribution in [0.1, 0.15) is 41.3 Å². The summed E-state index contributed by atoms with van der Waals surface area (Å²) in [5.74, 6) is -0.123. The molecule has 1 aliphatic heterocycles. The van der Waals surface area contributed by atoms with Crippen LogP contribution in [0, 0.1) is 0 Å². The topological polar surface area (TPSA) is 42.3 Å². The average molecular weight is 305 g/mol. The minimum Gasteiger partial charge on any atom is -0.339 e. The molecule has 0 saturated carbocycles. The zero-order chi connectivity index (χ0) is 15.0. The minimum atomic E-state index is -0.125. The van der Waals surface area contributed by atoms with Gasteiger partial charge in [-0.25, -0.2) is 0 Å². The van der Waals surface area contributed by atoms with Gasteiger partial charge in [0.25, 0.3) is 5.91 Å². The second-order valence-corrected chi connectivity index (χ2v) is 5.88. The fourth-order valence-electron chi connectivity index (χ4n) is 2.90. The average Bonchev–Trinajstić information content (AvgIpc) is 2.86. The zero-order valence-electron chi connectivity index (χ0n) is 11.9. The first kappa shape index (κ1) is 14.1. The highest BCUT2D eigenvalue weighted by Gasteiger charge is 2.23. The molecule has 1 fully saturated rings. The Morgan fingerprint density at radius 2 is 1.86 bits per heavy atom. The minimum absolute atomic E-state index is 0.00187. The largest absolute Gasteiger partial charge is 0.339 e. The molecule has 110 valence electrons. The third-order valence-electron chi connectivity index (χ3n) is 3.98. The third kappa shape index (κ3) is 2.56. The van der Waals surface area contributed by atoms with Crippen molar-refractivity contribution in [2.45, 2.75) is 26.2 Å². The number of carbonyl (C=O) groups excluding carboxylic acids is 2. The number of fused-ring (bicyclic) bond motifs is 1. The Kier molecular flexibility index (Phi) is 3.72. The van der Waals surface area contributed by atoms with Crippen molar-refractivity contribution < 1.29 is 9.59 Å². The number of halogens is 1. The van der Waals surface area contributed by atoms with Gasteiger partial charge in [-0.3, -0.25) is 14.2 Å². The molecule has 1 saturated heterocycles. The van der Waals surface area contributed by atoms with Crippen molar-refractivity contribution in [3.8, 4) is 0 Å². The van der Waals surface area contributed by atoms with Crippen LogP contribution in [0.4, 0.5) is 0 Å². The summed E-state index contributed by atoms with van der Waals surface area (Å²) in [4.78, 5) is 26.4. The number of amides is 1. The molecule has 21 heavy (non-hydrogen) atoms. The van der Waals surface area contributed by atoms with Crippen molar-refractivity contribution >= 4 is 34.3 Å². The summed E-state index contributed by atoms with van der Waals surface area (Å²) < 4.78 is 1.50. The molecule has 0 unspecified atom stereocenters. The standard InChI is InChI=1S/C16H17ClN2O2/c1-11(20)19-10-14(13-6-5-12(17)9-15(13)19)16(21)18-7-3-2-4-8-18/h5-6,9-10H,2-4,7-8H2,1H3. The predicted molar refractivity (Wildman–Crippen MR) is 83.0 cm³/mol. The van der Waals surface area contributed by atoms with Gasteiger partial charge in [0, 0.05) is 36.6 Å². The van der Waals surface area contributed by atoms with Gasteiger partial charge in [0.15, 0.2) is 0 Å². The number of benzene rings is 1. The van der Waals surface area contributed by atoms with Crippen molar-refractivity contribution in [2.75, 3.05) is 13.1 Å². The van der Waals surface area contributed by atoms with E-state index in [1.54, 1.807) is 18.3 Å². The number of hydrogen-bond donors (Lipinski definition) is 0. The van der Waals surface area contributed by atoms with Crippen molar-refractivity contribution in [2.24, 2.45) is 0 Å². The van der Waals surface area contributed by atoms with E-state index in [0.717, 1.165) is 31.3 Å². The summed E-state index contributed by atoms with van der Waals surface area (Å²) >= 11 is 6.01. The summed E-state index contributed by atoms with van der Waals surface area (Å²) in [5.41, 5.74) is 1.27. The molecule has 2 aromatic rings. The Labute approximate surface area is 128 Å². The summed E-state index contributed by atoms with van der Waals surface area (Å²) in [6.07, 6.45) is 4.90. The van der Waals surface area contributed by atoms with Crippen molar-refractivity contribution in [1.82, 2.24) is 9.47 Å². The summed E-state index contributed by atoms with van der Waals surface area (Å²) in [6.45, 7) is 3.06. The van der Waals surface area contributed by atoms with Crippen molar-refractivity contribution in [3.05, 3.63) is 35.0 Å². The third-order valence-corrected chi connectivity index (χ3v) is 4.22. The first-order chi connectivity index (χ1) is 10.1. The lowest BCUT2D eigenvalue weighted by Gasteiger charge is -2.26. The molecule has 3 rings (SSSR count). The van der Waals surface area contributed by atoms with Gasteiger partial charge in [-0.15, -0.1) is 0 Å². The fraction of sp³-hybridized carbons (Fsp3) is 0.375. The van der Waals surface area contributed by atoms with Gasteiger partial charge < -0.3 is 4.90 Å². The number of rotatable bonds is 1. The lowest BCUT2D eigenvalue weighted by molar-refractivity contribution is 0.0726. The molecule has 0 bridgehead atoms. The van der Waals surface area contributed by atoms with Gasteiger partial charge in [-0.2, -0.15) is 0 Å². The van der Waals surface area contributed by atoms with Gasteiger partial charge in [0.1, 0.15) is 0 Å². The molecular weight excluding hydrogens is 288 g/mol. The van der Waals surface area contributed by atoms with Crippen LogP contribution < -0.4 is 0 Å². The SMILES string of the molecule is CC(=O)n1cc(C(=O)N2CCCCC2)c2ccc(Cl)cc21. The Balaban J connectivity index is 2.09. The van der Waals surface area contributed by atoms with Crippen LogP contribution >= 0.6 is 11.6 Å². The van der Waals surface area contributed by atoms with Crippen LogP contribution in [-0.4, -0.2) is 34.4 Å². The van der Waals surface area contributed by atoms with E-state index < -0.39 is 0 Å². The number of carbonyl (C=O) groups is 2. The molecule has 0 atom stereocenters. The van der Waals surface area contributed by atoms with Gasteiger partial charge in [0.2, 0.25) is 5.91 Å². The first-order valence-electron chi connectivity index (χ1n) is 7.19. The maximum Gasteiger partial charge on any atom is 0.256 e. The smallest absolute Gasteiger partial charge is 0.256 e. The van der Waals surface area contributed by atoms with E-state index in [-0.39, 0.29) is 11.8 Å². The maximum absolute atomic E-state index is 12.7. The normalized spacial score (nSPS) is 15.4. The summed E-state index contributed by atoms with van der Waals surface area (Å²) in [7, 11) is 0. The molecule has 1 amide bonds. The summed E-state index contributed by atoms with van der Waals surface area (Å²) in [5, 5.41) is 1.34. The van der Waals surface area contributed by atoms with Gasteiger partial charge in [-0.1, -0.05) is 17.7 Å². The molecule has 5 heteroatoms. The summed E-state index contributed by atoms with van der Waals surface area (Å²) in [6, 6.07) is 5.29. The molecule has 2 heterocycles. The van der Waals surface area contributed by atoms with Crippen LogP contribution in [0.2, 0.25) is 5.02 Å². The van der Waals surface area contributed by atoms with Gasteiger partial charge in [0.05, 0.1) is 11.1 Å². The van der Waals surface area contributed by atoms with Gasteiger partial charge >= 0.3 is 0 Å². The van der Waals surface area contributed by atoms with E-state index in [0.29, 0.717) is 16.1 Å². The lowest BCUT2D eigenvalue weighted by Crippen LogP contribution is -2.35. The second kappa shape index (κ2) is 5.53. The molecule has 0 aliphatic carbocycles.